The maximum Gasteiger partial charge on any atom is 0.386 e. The predicted molar refractivity (Wildman–Crippen MR) is 160 cm³/mol. The number of hydrogen-bond donors (Lipinski definition) is 7. The zero-order chi connectivity index (χ0) is 32.2. The Labute approximate surface area is 264 Å². The van der Waals surface area contributed by atoms with Gasteiger partial charge in [0.1, 0.15) is 30.0 Å². The second-order valence-corrected chi connectivity index (χ2v) is 15.7. The molecule has 0 radical (unpaired) electrons. The molecule has 6 rings (SSSR count). The lowest BCUT2D eigenvalue weighted by Crippen LogP contribution is -2.35. The Hall–Kier alpha value is -2.44. The molecule has 2 saturated heterocycles. The van der Waals surface area contributed by atoms with E-state index < -0.39 is 80.2 Å². The summed E-state index contributed by atoms with van der Waals surface area (Å²) in [5.41, 5.74) is 10.6. The second kappa shape index (κ2) is 12.6. The molecule has 21 nitrogen and oxygen atoms in total. The SMILES string of the molecule is Nc1nc2c(nnn2[C@@H]2S[C@H](CO)[C@@H](O)[C@H]2OP(=O)(S)OC[C@H]2O[C@@H](n3nnc4c(N)ncnc43)[C@@H](F)[C@@H]2O[PH](=O)S)c(=O)[nH]1. The number of thioether (sulfide) groups is 1. The molecule has 2 unspecified atom stereocenters. The van der Waals surface area contributed by atoms with E-state index in [0.29, 0.717) is 0 Å². The molecule has 0 aromatic carbocycles. The fourth-order valence-electron chi connectivity index (χ4n) is 4.80. The summed E-state index contributed by atoms with van der Waals surface area (Å²) in [6.07, 6.45) is -8.21. The minimum absolute atomic E-state index is 0.0140. The molecule has 7 N–H and O–H groups in total. The number of aromatic nitrogens is 10. The van der Waals surface area contributed by atoms with Gasteiger partial charge in [-0.15, -0.1) is 22.0 Å². The molecule has 244 valence electrons. The molecule has 0 saturated carbocycles. The van der Waals surface area contributed by atoms with Gasteiger partial charge in [0.2, 0.25) is 13.2 Å². The van der Waals surface area contributed by atoms with Crippen molar-refractivity contribution in [2.75, 3.05) is 24.7 Å². The molecule has 6 heterocycles. The van der Waals surface area contributed by atoms with Gasteiger partial charge in [0, 0.05) is 0 Å². The lowest BCUT2D eigenvalue weighted by Gasteiger charge is -2.26. The van der Waals surface area contributed by atoms with Gasteiger partial charge in [-0.2, -0.15) is 9.67 Å². The van der Waals surface area contributed by atoms with Crippen LogP contribution >= 0.6 is 50.3 Å². The highest BCUT2D eigenvalue weighted by atomic mass is 32.7. The van der Waals surface area contributed by atoms with Gasteiger partial charge >= 0.3 is 6.80 Å². The third-order valence-electron chi connectivity index (χ3n) is 6.78. The quantitative estimate of drug-likeness (QED) is 0.0781. The molecule has 2 fully saturated rings. The Kier molecular flexibility index (Phi) is 9.13. The van der Waals surface area contributed by atoms with Crippen LogP contribution in [0.2, 0.25) is 0 Å². The van der Waals surface area contributed by atoms with Crippen LogP contribution in [0.25, 0.3) is 22.3 Å². The van der Waals surface area contributed by atoms with Gasteiger partial charge in [-0.3, -0.25) is 23.4 Å². The standard InChI is InChI=1S/C18H23FN12O9P2S3/c19-6-10(39-41(35)43)4(38-16(6)30-13-7(26-28-30)12(20)22-3-23-13)2-37-42(36,44)40-11-9(33)5(1-32)45-17(11)31-14-8(27-29-31)15(34)25-18(21)24-14/h3-6,9-11,16-17,32-33,41H,1-2H2,(H,35,43)(H,36,44)(H2,20,22,23)(H3,21,24,25,34)/t4-,5-,6+,9-,10-,11-,16-,17-,42?/m1/s1. The monoisotopic (exact) mass is 728 g/mol. The van der Waals surface area contributed by atoms with E-state index in [9.17, 15) is 24.1 Å². The highest BCUT2D eigenvalue weighted by Crippen LogP contribution is 2.59. The number of aliphatic hydroxyl groups is 2. The fraction of sp³-hybridized carbons (Fsp3) is 0.556. The normalized spacial score (nSPS) is 30.7. The number of ether oxygens (including phenoxy) is 1. The van der Waals surface area contributed by atoms with Crippen molar-refractivity contribution < 1.29 is 42.0 Å². The lowest BCUT2D eigenvalue weighted by molar-refractivity contribution is -0.0482. The summed E-state index contributed by atoms with van der Waals surface area (Å²) < 4.78 is 65.1. The summed E-state index contributed by atoms with van der Waals surface area (Å²) in [6, 6.07) is 0. The van der Waals surface area contributed by atoms with E-state index in [2.05, 4.69) is 65.1 Å². The number of fused-ring (bicyclic) bond motifs is 2. The first-order valence-electron chi connectivity index (χ1n) is 12.6. The highest BCUT2D eigenvalue weighted by Gasteiger charge is 2.51. The van der Waals surface area contributed by atoms with Crippen LogP contribution < -0.4 is 17.0 Å². The number of nitrogen functional groups attached to an aromatic ring is 2. The van der Waals surface area contributed by atoms with Crippen molar-refractivity contribution in [3.63, 3.8) is 0 Å². The summed E-state index contributed by atoms with van der Waals surface area (Å²) in [7, 11) is -3.02. The van der Waals surface area contributed by atoms with Crippen molar-refractivity contribution in [1.29, 1.82) is 0 Å². The van der Waals surface area contributed by atoms with Gasteiger partial charge in [-0.25, -0.2) is 23.6 Å². The molecule has 45 heavy (non-hydrogen) atoms. The third kappa shape index (κ3) is 6.18. The van der Waals surface area contributed by atoms with Crippen LogP contribution in [-0.2, 0) is 27.4 Å². The van der Waals surface area contributed by atoms with Crippen molar-refractivity contribution >= 4 is 84.4 Å². The van der Waals surface area contributed by atoms with Crippen molar-refractivity contribution in [2.24, 2.45) is 0 Å². The topological polar surface area (TPSA) is 297 Å². The molecule has 2 aliphatic heterocycles. The van der Waals surface area contributed by atoms with Crippen LogP contribution in [0.15, 0.2) is 11.1 Å². The van der Waals surface area contributed by atoms with Crippen LogP contribution in [0.5, 0.6) is 0 Å². The van der Waals surface area contributed by atoms with Crippen molar-refractivity contribution in [1.82, 2.24) is 49.9 Å². The van der Waals surface area contributed by atoms with Crippen molar-refractivity contribution in [3.05, 3.63) is 16.7 Å². The minimum Gasteiger partial charge on any atom is -0.395 e. The van der Waals surface area contributed by atoms with Gasteiger partial charge in [0.05, 0.1) is 24.6 Å². The largest absolute Gasteiger partial charge is 0.395 e. The first kappa shape index (κ1) is 32.5. The maximum atomic E-state index is 15.7. The molecule has 10 atom stereocenters. The fourth-order valence-corrected chi connectivity index (χ4v) is 8.62. The summed E-state index contributed by atoms with van der Waals surface area (Å²) in [4.78, 5) is 26.4. The molecule has 0 amide bonds. The third-order valence-corrected chi connectivity index (χ3v) is 10.7. The zero-order valence-electron chi connectivity index (χ0n) is 22.2. The number of nitrogens with zero attached hydrogens (tertiary/aromatic N) is 9. The van der Waals surface area contributed by atoms with E-state index >= 15 is 4.39 Å². The molecule has 27 heteroatoms. The van der Waals surface area contributed by atoms with Crippen LogP contribution in [-0.4, -0.2) is 109 Å². The number of rotatable bonds is 10. The summed E-state index contributed by atoms with van der Waals surface area (Å²) >= 11 is 8.72. The van der Waals surface area contributed by atoms with Gasteiger partial charge < -0.3 is 30.9 Å². The van der Waals surface area contributed by atoms with E-state index in [0.717, 1.165) is 27.5 Å². The van der Waals surface area contributed by atoms with Gasteiger partial charge in [-0.1, -0.05) is 34.9 Å². The molecular weight excluding hydrogens is 705 g/mol. The molecule has 4 aromatic heterocycles. The number of hydrogen-bond acceptors (Lipinski definition) is 19. The number of nitrogens with two attached hydrogens (primary N) is 2. The van der Waals surface area contributed by atoms with E-state index in [1.807, 2.05) is 0 Å². The number of H-pyrrole nitrogens is 1. The summed E-state index contributed by atoms with van der Waals surface area (Å²) in [6.45, 7) is -5.65. The Morgan fingerprint density at radius 3 is 2.67 bits per heavy atom. The smallest absolute Gasteiger partial charge is 0.386 e. The van der Waals surface area contributed by atoms with Gasteiger partial charge in [0.25, 0.3) is 5.56 Å². The van der Waals surface area contributed by atoms with E-state index in [-0.39, 0.29) is 34.1 Å². The molecule has 0 spiro atoms. The van der Waals surface area contributed by atoms with Crippen LogP contribution in [0.3, 0.4) is 0 Å². The number of alkyl halides is 1. The minimum atomic E-state index is -4.45. The van der Waals surface area contributed by atoms with Crippen LogP contribution in [0.1, 0.15) is 11.6 Å². The number of halogens is 1. The van der Waals surface area contributed by atoms with Crippen LogP contribution in [0.4, 0.5) is 16.2 Å². The number of nitrogens with one attached hydrogen (secondary N) is 1. The zero-order valence-corrected chi connectivity index (χ0v) is 26.7. The van der Waals surface area contributed by atoms with E-state index in [4.69, 9.17) is 29.8 Å². The van der Waals surface area contributed by atoms with Gasteiger partial charge in [-0.05, 0) is 0 Å². The molecular formula is C18H23FN12O9P2S3. The summed E-state index contributed by atoms with van der Waals surface area (Å²) in [5.74, 6) is -0.254. The van der Waals surface area contributed by atoms with Crippen LogP contribution in [0, 0.1) is 0 Å². The van der Waals surface area contributed by atoms with Gasteiger partial charge in [0.15, 0.2) is 40.5 Å². The highest BCUT2D eigenvalue weighted by molar-refractivity contribution is 8.44. The Balaban J connectivity index is 1.22. The second-order valence-electron chi connectivity index (χ2n) is 9.55. The van der Waals surface area contributed by atoms with E-state index in [1.54, 1.807) is 0 Å². The molecule has 4 aromatic rings. The number of thiol groups is 2. The number of aliphatic hydroxyl groups excluding tert-OH is 2. The predicted octanol–water partition coefficient (Wildman–Crippen LogP) is -0.739. The first-order chi connectivity index (χ1) is 21.4. The van der Waals surface area contributed by atoms with E-state index in [1.165, 1.54) is 0 Å². The Morgan fingerprint density at radius 1 is 1.20 bits per heavy atom. The number of aromatic amines is 1. The lowest BCUT2D eigenvalue weighted by atomic mass is 10.1. The molecule has 0 aliphatic carbocycles. The molecule has 0 bridgehead atoms. The van der Waals surface area contributed by atoms with Crippen molar-refractivity contribution in [3.8, 4) is 0 Å². The average Bonchev–Trinajstić information content (AvgIpc) is 3.73. The molecule has 2 aliphatic rings. The first-order valence-corrected chi connectivity index (χ1v) is 18.8. The van der Waals surface area contributed by atoms with Crippen molar-refractivity contribution in [2.45, 2.75) is 47.4 Å². The average molecular weight is 729 g/mol. The summed E-state index contributed by atoms with van der Waals surface area (Å²) in [5, 5.41) is 34.2. The number of anilines is 2. The maximum absolute atomic E-state index is 15.7. The Bertz CT molecular complexity index is 1870. The Morgan fingerprint density at radius 2 is 1.93 bits per heavy atom.